The van der Waals surface area contributed by atoms with E-state index in [0.717, 1.165) is 5.54 Å². The van der Waals surface area contributed by atoms with Crippen LogP contribution in [-0.4, -0.2) is 8.07 Å². The minimum Gasteiger partial charge on any atom is -0.0779 e. The maximum absolute atomic E-state index is 2.58. The van der Waals surface area contributed by atoms with Crippen molar-refractivity contribution in [2.75, 3.05) is 0 Å². The lowest BCUT2D eigenvalue weighted by Crippen LogP contribution is -2.44. The van der Waals surface area contributed by atoms with E-state index in [9.17, 15) is 0 Å². The Morgan fingerprint density at radius 3 is 1.93 bits per heavy atom. The number of hydrogen-bond acceptors (Lipinski definition) is 0. The Labute approximate surface area is 96.5 Å². The lowest BCUT2D eigenvalue weighted by atomic mass is 10.2. The van der Waals surface area contributed by atoms with Gasteiger partial charge < -0.3 is 0 Å². The predicted molar refractivity (Wildman–Crippen MR) is 73.0 cm³/mol. The Kier molecular flexibility index (Phi) is 3.65. The molecule has 1 unspecified atom stereocenters. The van der Waals surface area contributed by atoms with Crippen molar-refractivity contribution in [3.63, 3.8) is 0 Å². The van der Waals surface area contributed by atoms with Crippen molar-refractivity contribution >= 4 is 8.07 Å². The standard InChI is InChI=1S/C14H26Si/c1-12(2)15(6,14(3,4)5)11-13-9-7-8-10-13/h7-10,12-13H,11H2,1-6H3. The highest BCUT2D eigenvalue weighted by Crippen LogP contribution is 2.47. The highest BCUT2D eigenvalue weighted by Gasteiger charge is 2.43. The maximum Gasteiger partial charge on any atom is 0.0593 e. The molecule has 0 fully saturated rings. The fraction of sp³-hybridized carbons (Fsp3) is 0.714. The SMILES string of the molecule is CC(C)[Si](C)(CC1C=CC=C1)C(C)(C)C. The Bertz CT molecular complexity index is 256. The fourth-order valence-corrected chi connectivity index (χ4v) is 6.58. The lowest BCUT2D eigenvalue weighted by molar-refractivity contribution is 0.670. The topological polar surface area (TPSA) is 0 Å². The molecule has 1 heteroatoms. The van der Waals surface area contributed by atoms with Crippen molar-refractivity contribution in [3.05, 3.63) is 24.3 Å². The summed E-state index contributed by atoms with van der Waals surface area (Å²) in [6.45, 7) is 14.7. The van der Waals surface area contributed by atoms with Crippen LogP contribution in [0.4, 0.5) is 0 Å². The molecular weight excluding hydrogens is 196 g/mol. The van der Waals surface area contributed by atoms with Crippen LogP contribution < -0.4 is 0 Å². The van der Waals surface area contributed by atoms with Crippen LogP contribution >= 0.6 is 0 Å². The Morgan fingerprint density at radius 1 is 1.13 bits per heavy atom. The van der Waals surface area contributed by atoms with Gasteiger partial charge >= 0.3 is 0 Å². The molecule has 1 atom stereocenters. The van der Waals surface area contributed by atoms with Crippen LogP contribution in [0.2, 0.25) is 23.2 Å². The van der Waals surface area contributed by atoms with Gasteiger partial charge in [-0.15, -0.1) is 0 Å². The number of hydrogen-bond donors (Lipinski definition) is 0. The molecular formula is C14H26Si. The highest BCUT2D eigenvalue weighted by molar-refractivity contribution is 6.82. The van der Waals surface area contributed by atoms with Gasteiger partial charge in [0.2, 0.25) is 0 Å². The smallest absolute Gasteiger partial charge is 0.0593 e. The first-order valence-corrected chi connectivity index (χ1v) is 8.91. The van der Waals surface area contributed by atoms with Crippen LogP contribution in [0.15, 0.2) is 24.3 Å². The Hall–Kier alpha value is -0.303. The summed E-state index contributed by atoms with van der Waals surface area (Å²) in [5.74, 6) is 0.711. The molecule has 0 aromatic carbocycles. The van der Waals surface area contributed by atoms with Crippen LogP contribution in [0.1, 0.15) is 34.6 Å². The predicted octanol–water partition coefficient (Wildman–Crippen LogP) is 5.02. The Morgan fingerprint density at radius 2 is 1.60 bits per heavy atom. The third kappa shape index (κ3) is 2.63. The monoisotopic (exact) mass is 222 g/mol. The van der Waals surface area contributed by atoms with Crippen molar-refractivity contribution in [3.8, 4) is 0 Å². The largest absolute Gasteiger partial charge is 0.0779 e. The van der Waals surface area contributed by atoms with Gasteiger partial charge in [0.25, 0.3) is 0 Å². The van der Waals surface area contributed by atoms with Gasteiger partial charge in [0, 0.05) is 0 Å². The zero-order chi connectivity index (χ0) is 11.7. The van der Waals surface area contributed by atoms with Gasteiger partial charge in [-0.1, -0.05) is 71.0 Å². The van der Waals surface area contributed by atoms with E-state index < -0.39 is 8.07 Å². The zero-order valence-electron chi connectivity index (χ0n) is 11.2. The first kappa shape index (κ1) is 12.8. The normalized spacial score (nSPS) is 21.3. The molecule has 1 aliphatic carbocycles. The van der Waals surface area contributed by atoms with Crippen molar-refractivity contribution in [2.45, 2.75) is 57.8 Å². The minimum absolute atomic E-state index is 0.505. The minimum atomic E-state index is -1.20. The molecule has 0 radical (unpaired) electrons. The molecule has 0 amide bonds. The molecule has 0 nitrogen and oxygen atoms in total. The average molecular weight is 222 g/mol. The van der Waals surface area contributed by atoms with Crippen molar-refractivity contribution in [2.24, 2.45) is 5.92 Å². The molecule has 0 spiro atoms. The van der Waals surface area contributed by atoms with Gasteiger partial charge in [-0.2, -0.15) is 0 Å². The molecule has 0 N–H and O–H groups in total. The fourth-order valence-electron chi connectivity index (χ4n) is 2.51. The van der Waals surface area contributed by atoms with Gasteiger partial charge in [0.15, 0.2) is 0 Å². The first-order chi connectivity index (χ1) is 6.77. The average Bonchev–Trinajstić information content (AvgIpc) is 2.54. The molecule has 0 saturated heterocycles. The molecule has 0 heterocycles. The molecule has 0 aromatic rings. The Balaban J connectivity index is 2.82. The molecule has 86 valence electrons. The summed E-state index contributed by atoms with van der Waals surface area (Å²) in [7, 11) is -1.20. The van der Waals surface area contributed by atoms with Gasteiger partial charge in [-0.3, -0.25) is 0 Å². The maximum atomic E-state index is 2.58. The van der Waals surface area contributed by atoms with Crippen LogP contribution in [0.25, 0.3) is 0 Å². The number of allylic oxidation sites excluding steroid dienone is 4. The third-order valence-electron chi connectivity index (χ3n) is 4.48. The molecule has 1 rings (SSSR count). The molecule has 1 aliphatic rings. The summed E-state index contributed by atoms with van der Waals surface area (Å²) in [6, 6.07) is 1.40. The van der Waals surface area contributed by atoms with Crippen LogP contribution in [0, 0.1) is 5.92 Å². The van der Waals surface area contributed by atoms with Crippen molar-refractivity contribution < 1.29 is 0 Å². The van der Waals surface area contributed by atoms with Crippen LogP contribution in [0.3, 0.4) is 0 Å². The van der Waals surface area contributed by atoms with E-state index in [1.807, 2.05) is 0 Å². The van der Waals surface area contributed by atoms with E-state index in [1.54, 1.807) is 0 Å². The molecule has 0 aliphatic heterocycles. The summed E-state index contributed by atoms with van der Waals surface area (Å²) in [4.78, 5) is 0. The second-order valence-corrected chi connectivity index (χ2v) is 12.4. The van der Waals surface area contributed by atoms with Crippen LogP contribution in [0.5, 0.6) is 0 Å². The molecule has 0 saturated carbocycles. The second-order valence-electron chi connectivity index (χ2n) is 6.46. The summed E-state index contributed by atoms with van der Waals surface area (Å²) < 4.78 is 0. The zero-order valence-corrected chi connectivity index (χ0v) is 12.2. The first-order valence-electron chi connectivity index (χ1n) is 6.12. The summed E-state index contributed by atoms with van der Waals surface area (Å²) in [5.41, 5.74) is 0.861. The summed E-state index contributed by atoms with van der Waals surface area (Å²) in [5, 5.41) is 0.505. The summed E-state index contributed by atoms with van der Waals surface area (Å²) in [6.07, 6.45) is 9.11. The van der Waals surface area contributed by atoms with Crippen molar-refractivity contribution in [1.29, 1.82) is 0 Å². The quantitative estimate of drug-likeness (QED) is 0.588. The molecule has 15 heavy (non-hydrogen) atoms. The van der Waals surface area contributed by atoms with Gasteiger partial charge in [-0.25, -0.2) is 0 Å². The van der Waals surface area contributed by atoms with Gasteiger partial charge in [0.05, 0.1) is 8.07 Å². The summed E-state index contributed by atoms with van der Waals surface area (Å²) >= 11 is 0. The lowest BCUT2D eigenvalue weighted by Gasteiger charge is -2.45. The van der Waals surface area contributed by atoms with Gasteiger partial charge in [0.1, 0.15) is 0 Å². The number of rotatable bonds is 3. The van der Waals surface area contributed by atoms with E-state index in [4.69, 9.17) is 0 Å². The van der Waals surface area contributed by atoms with Crippen molar-refractivity contribution in [1.82, 2.24) is 0 Å². The van der Waals surface area contributed by atoms with E-state index >= 15 is 0 Å². The molecule has 0 aromatic heterocycles. The second kappa shape index (κ2) is 4.29. The van der Waals surface area contributed by atoms with Crippen LogP contribution in [-0.2, 0) is 0 Å². The van der Waals surface area contributed by atoms with E-state index in [1.165, 1.54) is 6.04 Å². The van der Waals surface area contributed by atoms with E-state index in [0.29, 0.717) is 11.0 Å². The molecule has 0 bridgehead atoms. The third-order valence-corrected chi connectivity index (χ3v) is 11.8. The van der Waals surface area contributed by atoms with E-state index in [2.05, 4.69) is 65.5 Å². The highest BCUT2D eigenvalue weighted by atomic mass is 28.3. The van der Waals surface area contributed by atoms with E-state index in [-0.39, 0.29) is 0 Å². The van der Waals surface area contributed by atoms with Gasteiger partial charge in [-0.05, 0) is 17.0 Å².